The summed E-state index contributed by atoms with van der Waals surface area (Å²) in [4.78, 5) is 28.1. The van der Waals surface area contributed by atoms with Crippen LogP contribution in [0.2, 0.25) is 0 Å². The Bertz CT molecular complexity index is 793. The average molecular weight is 476 g/mol. The molecule has 3 N–H and O–H groups in total. The molecule has 1 atom stereocenters. The van der Waals surface area contributed by atoms with Gasteiger partial charge in [-0.05, 0) is 51.7 Å². The minimum absolute atomic E-state index is 0.0520. The molecular formula is C24H37N5O5. The van der Waals surface area contributed by atoms with Crippen LogP contribution in [-0.2, 0) is 14.2 Å². The highest BCUT2D eigenvalue weighted by atomic mass is 16.6. The summed E-state index contributed by atoms with van der Waals surface area (Å²) < 4.78 is 16.3. The molecule has 0 fully saturated rings. The first-order chi connectivity index (χ1) is 16.5. The number of pyridine rings is 1. The highest BCUT2D eigenvalue weighted by Gasteiger charge is 2.13. The van der Waals surface area contributed by atoms with E-state index in [0.717, 1.165) is 37.8 Å². The summed E-state index contributed by atoms with van der Waals surface area (Å²) in [5.41, 5.74) is 4.14. The van der Waals surface area contributed by atoms with Crippen molar-refractivity contribution in [2.75, 3.05) is 44.9 Å². The van der Waals surface area contributed by atoms with Crippen molar-refractivity contribution in [1.82, 2.24) is 15.6 Å². The molecule has 2 amide bonds. The Labute approximate surface area is 201 Å². The number of carbonyl (C=O) groups excluding carboxylic acids is 2. The van der Waals surface area contributed by atoms with Crippen molar-refractivity contribution in [2.45, 2.75) is 52.1 Å². The fourth-order valence-electron chi connectivity index (χ4n) is 3.07. The molecule has 0 aliphatic heterocycles. The molecular weight excluding hydrogens is 438 g/mol. The summed E-state index contributed by atoms with van der Waals surface area (Å²) in [6.45, 7) is 6.04. The van der Waals surface area contributed by atoms with Crippen LogP contribution in [0, 0.1) is 0 Å². The third-order valence-corrected chi connectivity index (χ3v) is 4.83. The van der Waals surface area contributed by atoms with Gasteiger partial charge in [-0.15, -0.1) is 0 Å². The lowest BCUT2D eigenvalue weighted by Crippen LogP contribution is -2.31. The topological polar surface area (TPSA) is 123 Å². The minimum atomic E-state index is -0.403. The number of carbonyl (C=O) groups is 2. The summed E-state index contributed by atoms with van der Waals surface area (Å²) in [7, 11) is 0. The highest BCUT2D eigenvalue weighted by Crippen LogP contribution is 2.15. The van der Waals surface area contributed by atoms with Gasteiger partial charge < -0.3 is 24.8 Å². The van der Waals surface area contributed by atoms with E-state index in [0.29, 0.717) is 50.9 Å². The molecule has 0 radical (unpaired) electrons. The summed E-state index contributed by atoms with van der Waals surface area (Å²) in [6.07, 6.45) is 10.3. The molecule has 0 spiro atoms. The van der Waals surface area contributed by atoms with Gasteiger partial charge in [-0.25, -0.2) is 9.78 Å². The molecule has 0 saturated heterocycles. The van der Waals surface area contributed by atoms with E-state index in [4.69, 9.17) is 14.2 Å². The first-order valence-electron chi connectivity index (χ1n) is 11.8. The van der Waals surface area contributed by atoms with Gasteiger partial charge in [0.15, 0.2) is 0 Å². The van der Waals surface area contributed by atoms with E-state index < -0.39 is 6.09 Å². The summed E-state index contributed by atoms with van der Waals surface area (Å²) >= 11 is 0. The van der Waals surface area contributed by atoms with Crippen molar-refractivity contribution in [1.29, 1.82) is 0 Å². The van der Waals surface area contributed by atoms with Crippen molar-refractivity contribution in [2.24, 2.45) is 5.10 Å². The molecule has 188 valence electrons. The number of hydrogen-bond acceptors (Lipinski definition) is 8. The van der Waals surface area contributed by atoms with Gasteiger partial charge in [0, 0.05) is 31.4 Å². The molecule has 2 rings (SSSR count). The van der Waals surface area contributed by atoms with Crippen molar-refractivity contribution in [3.63, 3.8) is 0 Å². The van der Waals surface area contributed by atoms with Crippen LogP contribution in [0.4, 0.5) is 10.6 Å². The van der Waals surface area contributed by atoms with Gasteiger partial charge in [0.25, 0.3) is 5.91 Å². The number of anilines is 1. The van der Waals surface area contributed by atoms with Crippen LogP contribution in [0.3, 0.4) is 0 Å². The molecule has 10 nitrogen and oxygen atoms in total. The SMILES string of the molecule is CC(C)=NNc1ccc(C(=O)NCCOCCOCCNC(=O)OC2C/C=C\CCCC2)cn1. The molecule has 1 aliphatic carbocycles. The Morgan fingerprint density at radius 2 is 1.79 bits per heavy atom. The van der Waals surface area contributed by atoms with E-state index in [-0.39, 0.29) is 12.0 Å². The number of alkyl carbamates (subject to hydrolysis) is 1. The molecule has 1 aliphatic rings. The fourth-order valence-corrected chi connectivity index (χ4v) is 3.07. The van der Waals surface area contributed by atoms with Gasteiger partial charge in [-0.3, -0.25) is 10.2 Å². The average Bonchev–Trinajstić information content (AvgIpc) is 2.80. The van der Waals surface area contributed by atoms with E-state index in [9.17, 15) is 9.59 Å². The van der Waals surface area contributed by atoms with Gasteiger partial charge in [0.1, 0.15) is 11.9 Å². The predicted octanol–water partition coefficient (Wildman–Crippen LogP) is 3.27. The maximum absolute atomic E-state index is 12.1. The number of hydrogen-bond donors (Lipinski definition) is 3. The Morgan fingerprint density at radius 1 is 1.03 bits per heavy atom. The normalized spacial score (nSPS) is 16.5. The Balaban J connectivity index is 1.44. The second-order valence-electron chi connectivity index (χ2n) is 8.03. The smallest absolute Gasteiger partial charge is 0.407 e. The van der Waals surface area contributed by atoms with E-state index in [1.54, 1.807) is 12.1 Å². The lowest BCUT2D eigenvalue weighted by atomic mass is 10.0. The highest BCUT2D eigenvalue weighted by molar-refractivity contribution is 5.94. The summed E-state index contributed by atoms with van der Waals surface area (Å²) in [5.74, 6) is 0.350. The number of nitrogens with one attached hydrogen (secondary N) is 3. The quantitative estimate of drug-likeness (QED) is 0.173. The number of rotatable bonds is 13. The van der Waals surface area contributed by atoms with Crippen LogP contribution in [-0.4, -0.2) is 68.3 Å². The van der Waals surface area contributed by atoms with Crippen molar-refractivity contribution in [3.05, 3.63) is 36.0 Å². The largest absolute Gasteiger partial charge is 0.446 e. The van der Waals surface area contributed by atoms with E-state index in [1.165, 1.54) is 6.20 Å². The van der Waals surface area contributed by atoms with Gasteiger partial charge >= 0.3 is 6.09 Å². The molecule has 0 aromatic carbocycles. The number of hydrazone groups is 1. The zero-order valence-corrected chi connectivity index (χ0v) is 20.2. The number of aromatic nitrogens is 1. The Hall–Kier alpha value is -2.98. The standard InChI is InChI=1S/C24H37N5O5/c1-19(2)28-29-22-11-10-20(18-27-22)23(30)25-12-14-32-16-17-33-15-13-26-24(31)34-21-8-6-4-3-5-7-9-21/h4,6,10-11,18,21H,3,5,7-9,12-17H2,1-2H3,(H,25,30)(H,26,31)(H,27,29)/b6-4-. The van der Waals surface area contributed by atoms with Crippen LogP contribution in [0.1, 0.15) is 56.3 Å². The Kier molecular flexibility index (Phi) is 13.3. The Morgan fingerprint density at radius 3 is 2.50 bits per heavy atom. The fraction of sp³-hybridized carbons (Fsp3) is 0.583. The molecule has 1 unspecified atom stereocenters. The van der Waals surface area contributed by atoms with Crippen LogP contribution in [0.15, 0.2) is 35.6 Å². The lowest BCUT2D eigenvalue weighted by Gasteiger charge is -2.18. The second kappa shape index (κ2) is 16.6. The zero-order chi connectivity index (χ0) is 24.4. The predicted molar refractivity (Wildman–Crippen MR) is 131 cm³/mol. The minimum Gasteiger partial charge on any atom is -0.446 e. The maximum atomic E-state index is 12.1. The van der Waals surface area contributed by atoms with Gasteiger partial charge in [-0.1, -0.05) is 12.2 Å². The third-order valence-electron chi connectivity index (χ3n) is 4.83. The van der Waals surface area contributed by atoms with E-state index >= 15 is 0 Å². The van der Waals surface area contributed by atoms with Crippen molar-refractivity contribution >= 4 is 23.5 Å². The number of ether oxygens (including phenoxy) is 3. The van der Waals surface area contributed by atoms with Crippen LogP contribution >= 0.6 is 0 Å². The van der Waals surface area contributed by atoms with Crippen LogP contribution in [0.25, 0.3) is 0 Å². The maximum Gasteiger partial charge on any atom is 0.407 e. The first kappa shape index (κ1) is 27.3. The number of amides is 2. The second-order valence-corrected chi connectivity index (χ2v) is 8.03. The van der Waals surface area contributed by atoms with Gasteiger partial charge in [0.2, 0.25) is 0 Å². The summed E-state index contributed by atoms with van der Waals surface area (Å²) in [6, 6.07) is 3.37. The van der Waals surface area contributed by atoms with Crippen LogP contribution < -0.4 is 16.1 Å². The molecule has 34 heavy (non-hydrogen) atoms. The van der Waals surface area contributed by atoms with Gasteiger partial charge in [0.05, 0.1) is 32.0 Å². The van der Waals surface area contributed by atoms with Crippen molar-refractivity contribution < 1.29 is 23.8 Å². The first-order valence-corrected chi connectivity index (χ1v) is 11.8. The lowest BCUT2D eigenvalue weighted by molar-refractivity contribution is 0.0471. The molecule has 1 aromatic heterocycles. The number of allylic oxidation sites excluding steroid dienone is 1. The van der Waals surface area contributed by atoms with E-state index in [1.807, 2.05) is 13.8 Å². The van der Waals surface area contributed by atoms with Crippen LogP contribution in [0.5, 0.6) is 0 Å². The summed E-state index contributed by atoms with van der Waals surface area (Å²) in [5, 5.41) is 9.54. The monoisotopic (exact) mass is 475 g/mol. The molecule has 0 bridgehead atoms. The molecule has 10 heteroatoms. The molecule has 1 aromatic rings. The zero-order valence-electron chi connectivity index (χ0n) is 20.2. The van der Waals surface area contributed by atoms with E-state index in [2.05, 4.69) is 38.3 Å². The molecule has 0 saturated carbocycles. The number of nitrogens with zero attached hydrogens (tertiary/aromatic N) is 2. The third kappa shape index (κ3) is 12.3. The molecule has 1 heterocycles. The van der Waals surface area contributed by atoms with Gasteiger partial charge in [-0.2, -0.15) is 5.10 Å². The van der Waals surface area contributed by atoms with Crippen molar-refractivity contribution in [3.8, 4) is 0 Å².